The summed E-state index contributed by atoms with van der Waals surface area (Å²) < 4.78 is 11.2. The number of aryl methyl sites for hydroxylation is 1. The van der Waals surface area contributed by atoms with Crippen LogP contribution in [-0.2, 0) is 0 Å². The topological polar surface area (TPSA) is 87.8 Å². The predicted molar refractivity (Wildman–Crippen MR) is 98.6 cm³/mol. The van der Waals surface area contributed by atoms with Gasteiger partial charge in [-0.3, -0.25) is 9.69 Å². The second-order valence-corrected chi connectivity index (χ2v) is 7.27. The zero-order valence-corrected chi connectivity index (χ0v) is 15.4. The number of aromatic nitrogens is 1. The van der Waals surface area contributed by atoms with Crippen LogP contribution in [-0.4, -0.2) is 58.3 Å². The first-order chi connectivity index (χ1) is 13.1. The number of nitrogens with zero attached hydrogens (tertiary/aromatic N) is 2. The molecule has 0 bridgehead atoms. The van der Waals surface area contributed by atoms with Gasteiger partial charge < -0.3 is 19.6 Å². The number of carbonyl (C=O) groups is 1. The van der Waals surface area contributed by atoms with E-state index in [0.717, 1.165) is 31.7 Å². The Labute approximate surface area is 158 Å². The normalized spacial score (nSPS) is 28.4. The molecule has 144 valence electrons. The smallest absolute Gasteiger partial charge is 0.273 e. The zero-order chi connectivity index (χ0) is 18.8. The van der Waals surface area contributed by atoms with Crippen molar-refractivity contribution in [2.24, 2.45) is 0 Å². The first-order valence-corrected chi connectivity index (χ1v) is 9.48. The van der Waals surface area contributed by atoms with Crippen molar-refractivity contribution in [2.45, 2.75) is 50.5 Å². The van der Waals surface area contributed by atoms with Crippen LogP contribution in [0, 0.1) is 6.92 Å². The molecule has 1 saturated heterocycles. The summed E-state index contributed by atoms with van der Waals surface area (Å²) in [6, 6.07) is 9.11. The van der Waals surface area contributed by atoms with E-state index < -0.39 is 6.10 Å². The molecule has 2 heterocycles. The molecule has 1 aromatic carbocycles. The second-order valence-electron chi connectivity index (χ2n) is 7.27. The maximum atomic E-state index is 12.6. The lowest BCUT2D eigenvalue weighted by Crippen LogP contribution is -2.52. The van der Waals surface area contributed by atoms with Crippen molar-refractivity contribution in [3.63, 3.8) is 0 Å². The highest BCUT2D eigenvalue weighted by Gasteiger charge is 2.48. The van der Waals surface area contributed by atoms with E-state index in [2.05, 4.69) is 15.2 Å². The molecule has 2 aromatic rings. The predicted octanol–water partition coefficient (Wildman–Crippen LogP) is 1.76. The number of para-hydroxylation sites is 1. The lowest BCUT2D eigenvalue weighted by Gasteiger charge is -2.31. The first-order valence-electron chi connectivity index (χ1n) is 9.48. The zero-order valence-electron chi connectivity index (χ0n) is 15.4. The highest BCUT2D eigenvalue weighted by atomic mass is 16.5. The Morgan fingerprint density at radius 2 is 2.04 bits per heavy atom. The number of nitrogens with one attached hydrogen (secondary N) is 1. The van der Waals surface area contributed by atoms with Crippen LogP contribution < -0.4 is 10.1 Å². The van der Waals surface area contributed by atoms with Gasteiger partial charge in [-0.15, -0.1) is 0 Å². The van der Waals surface area contributed by atoms with E-state index in [9.17, 15) is 9.90 Å². The fourth-order valence-corrected chi connectivity index (χ4v) is 4.19. The molecular weight excluding hydrogens is 346 g/mol. The van der Waals surface area contributed by atoms with Crippen molar-refractivity contribution in [3.05, 3.63) is 48.2 Å². The van der Waals surface area contributed by atoms with E-state index in [1.165, 1.54) is 6.39 Å². The van der Waals surface area contributed by atoms with Crippen molar-refractivity contribution in [2.75, 3.05) is 13.1 Å². The minimum atomic E-state index is -0.674. The molecule has 0 spiro atoms. The Balaban J connectivity index is 1.52. The number of ether oxygens (including phenoxy) is 1. The van der Waals surface area contributed by atoms with Crippen LogP contribution >= 0.6 is 0 Å². The van der Waals surface area contributed by atoms with E-state index in [1.807, 2.05) is 30.3 Å². The Kier molecular flexibility index (Phi) is 5.13. The number of rotatable bonds is 5. The van der Waals surface area contributed by atoms with E-state index in [1.54, 1.807) is 6.92 Å². The van der Waals surface area contributed by atoms with Crippen LogP contribution in [0.3, 0.4) is 0 Å². The average molecular weight is 371 g/mol. The summed E-state index contributed by atoms with van der Waals surface area (Å²) in [5.41, 5.74) is 0.289. The Morgan fingerprint density at radius 3 is 2.70 bits per heavy atom. The molecule has 7 heteroatoms. The van der Waals surface area contributed by atoms with Gasteiger partial charge in [-0.1, -0.05) is 18.2 Å². The third-order valence-electron chi connectivity index (χ3n) is 5.50. The van der Waals surface area contributed by atoms with Crippen molar-refractivity contribution < 1.29 is 19.1 Å². The lowest BCUT2D eigenvalue weighted by atomic mass is 10.1. The van der Waals surface area contributed by atoms with Crippen molar-refractivity contribution in [3.8, 4) is 5.75 Å². The Morgan fingerprint density at radius 1 is 1.30 bits per heavy atom. The van der Waals surface area contributed by atoms with Gasteiger partial charge in [-0.25, -0.2) is 4.98 Å². The molecule has 0 unspecified atom stereocenters. The second kappa shape index (κ2) is 7.70. The maximum Gasteiger partial charge on any atom is 0.273 e. The number of hydrogen-bond donors (Lipinski definition) is 2. The van der Waals surface area contributed by atoms with E-state index in [-0.39, 0.29) is 29.8 Å². The first kappa shape index (κ1) is 18.0. The molecule has 1 aromatic heterocycles. The number of likely N-dealkylation sites (tertiary alicyclic amines) is 1. The summed E-state index contributed by atoms with van der Waals surface area (Å²) in [5.74, 6) is 0.935. The van der Waals surface area contributed by atoms with Gasteiger partial charge in [0.1, 0.15) is 23.7 Å². The molecule has 1 aliphatic heterocycles. The molecule has 2 N–H and O–H groups in total. The molecule has 2 fully saturated rings. The van der Waals surface area contributed by atoms with E-state index in [4.69, 9.17) is 9.15 Å². The van der Waals surface area contributed by atoms with Crippen LogP contribution in [0.1, 0.15) is 35.5 Å². The minimum Gasteiger partial charge on any atom is -0.488 e. The van der Waals surface area contributed by atoms with Crippen LogP contribution in [0.2, 0.25) is 0 Å². The monoisotopic (exact) mass is 371 g/mol. The average Bonchev–Trinajstić information content (AvgIpc) is 3.38. The Hall–Kier alpha value is -2.38. The number of oxazole rings is 1. The van der Waals surface area contributed by atoms with Crippen molar-refractivity contribution >= 4 is 5.91 Å². The Bertz CT molecular complexity index is 773. The van der Waals surface area contributed by atoms with Gasteiger partial charge in [-0.2, -0.15) is 0 Å². The number of hydrogen-bond acceptors (Lipinski definition) is 6. The molecule has 4 rings (SSSR count). The largest absolute Gasteiger partial charge is 0.488 e. The third kappa shape index (κ3) is 3.70. The quantitative estimate of drug-likeness (QED) is 0.833. The van der Waals surface area contributed by atoms with Crippen LogP contribution in [0.25, 0.3) is 0 Å². The molecule has 2 aliphatic rings. The van der Waals surface area contributed by atoms with Gasteiger partial charge in [0.15, 0.2) is 12.1 Å². The summed E-state index contributed by atoms with van der Waals surface area (Å²) in [6.07, 6.45) is 2.98. The molecule has 1 amide bonds. The summed E-state index contributed by atoms with van der Waals surface area (Å²) >= 11 is 0. The number of benzene rings is 1. The summed E-state index contributed by atoms with van der Waals surface area (Å²) in [5, 5.41) is 14.0. The summed E-state index contributed by atoms with van der Waals surface area (Å²) in [4.78, 5) is 18.9. The van der Waals surface area contributed by atoms with Crippen LogP contribution in [0.4, 0.5) is 0 Å². The maximum absolute atomic E-state index is 12.6. The van der Waals surface area contributed by atoms with Gasteiger partial charge in [0.2, 0.25) is 0 Å². The van der Waals surface area contributed by atoms with Gasteiger partial charge in [0, 0.05) is 6.42 Å². The standard InChI is InChI=1S/C20H25N3O4/c1-13-17(21-12-26-13)20(25)22-15-11-16(27-14-7-3-2-4-8-14)19(24)18(15)23-9-5-6-10-23/h2-4,7-8,12,15-16,18-19,24H,5-6,9-11H2,1H3,(H,22,25)/t15-,16-,18+,19+/m1/s1. The molecule has 4 atom stereocenters. The summed E-state index contributed by atoms with van der Waals surface area (Å²) in [6.45, 7) is 3.56. The van der Waals surface area contributed by atoms with E-state index in [0.29, 0.717) is 12.2 Å². The third-order valence-corrected chi connectivity index (χ3v) is 5.50. The fraction of sp³-hybridized carbons (Fsp3) is 0.500. The number of carbonyl (C=O) groups excluding carboxylic acids is 1. The van der Waals surface area contributed by atoms with Gasteiger partial charge in [0.05, 0.1) is 12.1 Å². The van der Waals surface area contributed by atoms with Crippen LogP contribution in [0.15, 0.2) is 41.1 Å². The SMILES string of the molecule is Cc1ocnc1C(=O)N[C@@H]1C[C@@H](Oc2ccccc2)[C@H](O)[C@H]1N1CCCC1. The molecule has 27 heavy (non-hydrogen) atoms. The number of amides is 1. The van der Waals surface area contributed by atoms with Crippen molar-refractivity contribution in [1.29, 1.82) is 0 Å². The summed E-state index contributed by atoms with van der Waals surface area (Å²) in [7, 11) is 0. The number of aliphatic hydroxyl groups excluding tert-OH is 1. The molecule has 0 radical (unpaired) electrons. The molecular formula is C20H25N3O4. The fourth-order valence-electron chi connectivity index (χ4n) is 4.19. The van der Waals surface area contributed by atoms with Crippen LogP contribution in [0.5, 0.6) is 5.75 Å². The minimum absolute atomic E-state index is 0.169. The molecule has 1 aliphatic carbocycles. The molecule has 7 nitrogen and oxygen atoms in total. The highest BCUT2D eigenvalue weighted by Crippen LogP contribution is 2.31. The van der Waals surface area contributed by atoms with Gasteiger partial charge in [-0.05, 0) is 45.0 Å². The van der Waals surface area contributed by atoms with Gasteiger partial charge >= 0.3 is 0 Å². The molecule has 1 saturated carbocycles. The number of aliphatic hydroxyl groups is 1. The van der Waals surface area contributed by atoms with Gasteiger partial charge in [0.25, 0.3) is 5.91 Å². The van der Waals surface area contributed by atoms with E-state index >= 15 is 0 Å². The van der Waals surface area contributed by atoms with Crippen molar-refractivity contribution in [1.82, 2.24) is 15.2 Å². The lowest BCUT2D eigenvalue weighted by molar-refractivity contribution is 0.0139. The highest BCUT2D eigenvalue weighted by molar-refractivity contribution is 5.93.